The molecule has 4 aliphatic heterocycles. The van der Waals surface area contributed by atoms with Gasteiger partial charge >= 0.3 is 6.03 Å². The molecule has 0 bridgehead atoms. The fourth-order valence-corrected chi connectivity index (χ4v) is 6.12. The minimum absolute atomic E-state index is 0.0683. The number of aromatic nitrogens is 2. The lowest BCUT2D eigenvalue weighted by molar-refractivity contribution is -0.115. The van der Waals surface area contributed by atoms with Crippen LogP contribution in [0.25, 0.3) is 6.08 Å². The van der Waals surface area contributed by atoms with Gasteiger partial charge in [-0.25, -0.2) is 9.78 Å². The molecule has 4 amide bonds. The van der Waals surface area contributed by atoms with Crippen molar-refractivity contribution in [3.05, 3.63) is 47.0 Å². The molecule has 2 aromatic rings. The van der Waals surface area contributed by atoms with Crippen LogP contribution in [0.5, 0.6) is 0 Å². The minimum Gasteiger partial charge on any atom is -0.354 e. The number of hydrogen-bond donors (Lipinski definition) is 2. The van der Waals surface area contributed by atoms with Crippen LogP contribution in [-0.4, -0.2) is 96.4 Å². The molecule has 12 heteroatoms. The first-order valence-corrected chi connectivity index (χ1v) is 13.7. The van der Waals surface area contributed by atoms with E-state index in [0.717, 1.165) is 62.5 Å². The standard InChI is InChI=1S/C26H30N8O3S/c1-31-7-9-32(10-8-31)22-12-20(11-21-23(35)30-26(37)38-21)27-24(29-22)33-13-17-15-34(16-18(17)14-33)25(36)28-19-5-3-2-4-6-19/h2-6,11-12,17-18H,7-10,13-16H2,1H3,(H,28,36)(H,30,35,37)/b21-11+. The summed E-state index contributed by atoms with van der Waals surface area (Å²) in [5.74, 6) is 1.72. The van der Waals surface area contributed by atoms with Crippen molar-refractivity contribution >= 4 is 52.5 Å². The van der Waals surface area contributed by atoms with E-state index in [4.69, 9.17) is 9.97 Å². The molecule has 4 saturated heterocycles. The molecule has 0 radical (unpaired) electrons. The number of likely N-dealkylation sites (N-methyl/N-ethyl adjacent to an activating group) is 1. The van der Waals surface area contributed by atoms with Gasteiger partial charge in [-0.15, -0.1) is 0 Å². The monoisotopic (exact) mass is 534 g/mol. The predicted molar refractivity (Wildman–Crippen MR) is 147 cm³/mol. The van der Waals surface area contributed by atoms with E-state index in [1.54, 1.807) is 6.08 Å². The zero-order valence-corrected chi connectivity index (χ0v) is 22.0. The number of nitrogens with zero attached hydrogens (tertiary/aromatic N) is 6. The molecule has 0 aliphatic carbocycles. The zero-order chi connectivity index (χ0) is 26.2. The molecule has 2 unspecified atom stereocenters. The molecule has 198 valence electrons. The molecular weight excluding hydrogens is 504 g/mol. The lowest BCUT2D eigenvalue weighted by Gasteiger charge is -2.33. The highest BCUT2D eigenvalue weighted by molar-refractivity contribution is 8.18. The Morgan fingerprint density at radius 3 is 2.37 bits per heavy atom. The van der Waals surface area contributed by atoms with Crippen LogP contribution in [0.1, 0.15) is 5.69 Å². The third-order valence-corrected chi connectivity index (χ3v) is 8.36. The van der Waals surface area contributed by atoms with Crippen molar-refractivity contribution in [1.29, 1.82) is 0 Å². The van der Waals surface area contributed by atoms with E-state index in [0.29, 0.717) is 41.5 Å². The molecule has 5 heterocycles. The van der Waals surface area contributed by atoms with E-state index in [1.807, 2.05) is 41.3 Å². The maximum Gasteiger partial charge on any atom is 0.321 e. The zero-order valence-electron chi connectivity index (χ0n) is 21.2. The first-order valence-electron chi connectivity index (χ1n) is 12.8. The molecule has 4 fully saturated rings. The van der Waals surface area contributed by atoms with Gasteiger partial charge in [0.05, 0.1) is 10.6 Å². The van der Waals surface area contributed by atoms with E-state index >= 15 is 0 Å². The first-order chi connectivity index (χ1) is 18.4. The highest BCUT2D eigenvalue weighted by Crippen LogP contribution is 2.34. The molecule has 2 atom stereocenters. The second-order valence-electron chi connectivity index (χ2n) is 10.2. The Labute approximate surface area is 225 Å². The molecule has 1 aromatic carbocycles. The molecule has 38 heavy (non-hydrogen) atoms. The van der Waals surface area contributed by atoms with Crippen LogP contribution >= 0.6 is 11.8 Å². The number of urea groups is 1. The van der Waals surface area contributed by atoms with Crippen molar-refractivity contribution in [1.82, 2.24) is 25.1 Å². The maximum absolute atomic E-state index is 12.8. The molecule has 4 aliphatic rings. The number of hydrogen-bond acceptors (Lipinski definition) is 9. The van der Waals surface area contributed by atoms with Crippen LogP contribution < -0.4 is 20.4 Å². The molecule has 11 nitrogen and oxygen atoms in total. The van der Waals surface area contributed by atoms with Gasteiger partial charge in [0, 0.05) is 75.9 Å². The highest BCUT2D eigenvalue weighted by atomic mass is 32.2. The van der Waals surface area contributed by atoms with Crippen molar-refractivity contribution in [3.63, 3.8) is 0 Å². The number of carbonyl (C=O) groups excluding carboxylic acids is 3. The summed E-state index contributed by atoms with van der Waals surface area (Å²) in [7, 11) is 2.11. The van der Waals surface area contributed by atoms with Gasteiger partial charge in [0.1, 0.15) is 5.82 Å². The number of para-hydroxylation sites is 1. The second kappa shape index (κ2) is 10.3. The summed E-state index contributed by atoms with van der Waals surface area (Å²) < 4.78 is 0. The number of amides is 4. The number of rotatable bonds is 4. The summed E-state index contributed by atoms with van der Waals surface area (Å²) in [5, 5.41) is 4.92. The Hall–Kier alpha value is -3.64. The van der Waals surface area contributed by atoms with E-state index in [2.05, 4.69) is 32.4 Å². The van der Waals surface area contributed by atoms with Gasteiger partial charge in [-0.3, -0.25) is 14.9 Å². The average molecular weight is 535 g/mol. The minimum atomic E-state index is -0.397. The molecule has 6 rings (SSSR count). The van der Waals surface area contributed by atoms with Gasteiger partial charge in [0.15, 0.2) is 0 Å². The second-order valence-corrected chi connectivity index (χ2v) is 11.2. The van der Waals surface area contributed by atoms with Crippen LogP contribution in [-0.2, 0) is 4.79 Å². The molecule has 2 N–H and O–H groups in total. The Bertz CT molecular complexity index is 1270. The van der Waals surface area contributed by atoms with E-state index in [9.17, 15) is 14.4 Å². The fraction of sp³-hybridized carbons (Fsp3) is 0.423. The normalized spacial score (nSPS) is 24.8. The number of benzene rings is 1. The largest absolute Gasteiger partial charge is 0.354 e. The number of piperazine rings is 1. The summed E-state index contributed by atoms with van der Waals surface area (Å²) in [6.45, 7) is 6.49. The number of carbonyl (C=O) groups is 3. The predicted octanol–water partition coefficient (Wildman–Crippen LogP) is 2.15. The first kappa shape index (κ1) is 24.7. The van der Waals surface area contributed by atoms with E-state index in [-0.39, 0.29) is 11.3 Å². The topological polar surface area (TPSA) is 114 Å². The van der Waals surface area contributed by atoms with Gasteiger partial charge < -0.3 is 24.9 Å². The van der Waals surface area contributed by atoms with Gasteiger partial charge in [-0.2, -0.15) is 4.98 Å². The van der Waals surface area contributed by atoms with Crippen molar-refractivity contribution < 1.29 is 14.4 Å². The number of fused-ring (bicyclic) bond motifs is 1. The van der Waals surface area contributed by atoms with Gasteiger partial charge in [-0.05, 0) is 37.0 Å². The summed E-state index contributed by atoms with van der Waals surface area (Å²) in [6, 6.07) is 11.3. The Kier molecular flexibility index (Phi) is 6.66. The van der Waals surface area contributed by atoms with Crippen molar-refractivity contribution in [3.8, 4) is 0 Å². The lowest BCUT2D eigenvalue weighted by Crippen LogP contribution is -2.45. The lowest BCUT2D eigenvalue weighted by atomic mass is 10.0. The number of imide groups is 1. The molecule has 0 saturated carbocycles. The van der Waals surface area contributed by atoms with Crippen molar-refractivity contribution in [2.24, 2.45) is 11.8 Å². The number of likely N-dealkylation sites (tertiary alicyclic amines) is 1. The summed E-state index contributed by atoms with van der Waals surface area (Å²) in [6.07, 6.45) is 1.67. The van der Waals surface area contributed by atoms with Crippen molar-refractivity contribution in [2.75, 3.05) is 74.5 Å². The van der Waals surface area contributed by atoms with Crippen molar-refractivity contribution in [2.45, 2.75) is 0 Å². The van der Waals surface area contributed by atoms with Crippen LogP contribution in [0, 0.1) is 11.8 Å². The SMILES string of the molecule is CN1CCN(c2cc(/C=C3/SC(=O)NC3=O)nc(N3CC4CN(C(=O)Nc5ccccc5)CC4C3)n2)CC1. The summed E-state index contributed by atoms with van der Waals surface area (Å²) in [5.41, 5.74) is 1.40. The Morgan fingerprint density at radius 2 is 1.71 bits per heavy atom. The number of thioether (sulfide) groups is 1. The number of nitrogens with one attached hydrogen (secondary N) is 2. The van der Waals surface area contributed by atoms with E-state index < -0.39 is 5.91 Å². The number of anilines is 3. The molecular formula is C26H30N8O3S. The summed E-state index contributed by atoms with van der Waals surface area (Å²) in [4.78, 5) is 55.3. The van der Waals surface area contributed by atoms with Crippen LogP contribution in [0.3, 0.4) is 0 Å². The average Bonchev–Trinajstić information content (AvgIpc) is 3.58. The Morgan fingerprint density at radius 1 is 1.00 bits per heavy atom. The third kappa shape index (κ3) is 5.18. The van der Waals surface area contributed by atoms with Crippen LogP contribution in [0.2, 0.25) is 0 Å². The third-order valence-electron chi connectivity index (χ3n) is 7.55. The maximum atomic E-state index is 12.8. The van der Waals surface area contributed by atoms with Gasteiger partial charge in [0.2, 0.25) is 5.95 Å². The quantitative estimate of drug-likeness (QED) is 0.570. The summed E-state index contributed by atoms with van der Waals surface area (Å²) >= 11 is 0.889. The highest BCUT2D eigenvalue weighted by Gasteiger charge is 2.42. The smallest absolute Gasteiger partial charge is 0.321 e. The van der Waals surface area contributed by atoms with Gasteiger partial charge in [-0.1, -0.05) is 18.2 Å². The van der Waals surface area contributed by atoms with Gasteiger partial charge in [0.25, 0.3) is 11.1 Å². The molecule has 0 spiro atoms. The van der Waals surface area contributed by atoms with E-state index in [1.165, 1.54) is 0 Å². The van der Waals surface area contributed by atoms with Crippen LogP contribution in [0.15, 0.2) is 41.3 Å². The fourth-order valence-electron chi connectivity index (χ4n) is 5.45. The van der Waals surface area contributed by atoms with Crippen LogP contribution in [0.4, 0.5) is 27.0 Å². The molecule has 1 aromatic heterocycles. The Balaban J connectivity index is 1.19.